The number of aromatic nitrogens is 1. The summed E-state index contributed by atoms with van der Waals surface area (Å²) < 4.78 is 4.96. The summed E-state index contributed by atoms with van der Waals surface area (Å²) >= 11 is 0. The SMILES string of the molecule is COc1ccc(C(=O)N2CCC(N)CC2)cn1. The van der Waals surface area contributed by atoms with E-state index < -0.39 is 0 Å². The van der Waals surface area contributed by atoms with Gasteiger partial charge in [-0.2, -0.15) is 0 Å². The van der Waals surface area contributed by atoms with Crippen LogP contribution < -0.4 is 10.5 Å². The number of piperidine rings is 1. The molecule has 1 aliphatic heterocycles. The number of likely N-dealkylation sites (tertiary alicyclic amines) is 1. The van der Waals surface area contributed by atoms with Crippen LogP contribution in [0.3, 0.4) is 0 Å². The molecule has 0 saturated carbocycles. The summed E-state index contributed by atoms with van der Waals surface area (Å²) in [5.41, 5.74) is 6.41. The van der Waals surface area contributed by atoms with Crippen molar-refractivity contribution in [3.8, 4) is 5.88 Å². The number of ether oxygens (including phenoxy) is 1. The van der Waals surface area contributed by atoms with Crippen molar-refractivity contribution < 1.29 is 9.53 Å². The zero-order chi connectivity index (χ0) is 12.3. The molecular weight excluding hydrogens is 218 g/mol. The first-order valence-electron chi connectivity index (χ1n) is 5.75. The van der Waals surface area contributed by atoms with Crippen LogP contribution in [0.15, 0.2) is 18.3 Å². The highest BCUT2D eigenvalue weighted by Gasteiger charge is 2.21. The van der Waals surface area contributed by atoms with Gasteiger partial charge in [-0.05, 0) is 18.9 Å². The monoisotopic (exact) mass is 235 g/mol. The summed E-state index contributed by atoms with van der Waals surface area (Å²) in [5, 5.41) is 0. The van der Waals surface area contributed by atoms with E-state index in [-0.39, 0.29) is 11.9 Å². The number of nitrogens with zero attached hydrogens (tertiary/aromatic N) is 2. The molecule has 0 bridgehead atoms. The summed E-state index contributed by atoms with van der Waals surface area (Å²) in [6.07, 6.45) is 3.29. The van der Waals surface area contributed by atoms with Gasteiger partial charge in [-0.1, -0.05) is 0 Å². The van der Waals surface area contributed by atoms with Crippen LogP contribution >= 0.6 is 0 Å². The summed E-state index contributed by atoms with van der Waals surface area (Å²) in [6, 6.07) is 3.67. The van der Waals surface area contributed by atoms with E-state index in [0.29, 0.717) is 11.4 Å². The van der Waals surface area contributed by atoms with Gasteiger partial charge >= 0.3 is 0 Å². The standard InChI is InChI=1S/C12H17N3O2/c1-17-11-3-2-9(8-14-11)12(16)15-6-4-10(13)5-7-15/h2-3,8,10H,4-7,13H2,1H3. The lowest BCUT2D eigenvalue weighted by atomic mass is 10.1. The van der Waals surface area contributed by atoms with Crippen LogP contribution in [0.4, 0.5) is 0 Å². The number of pyridine rings is 1. The minimum Gasteiger partial charge on any atom is -0.481 e. The first-order valence-corrected chi connectivity index (χ1v) is 5.75. The van der Waals surface area contributed by atoms with Crippen LogP contribution in [0.2, 0.25) is 0 Å². The highest BCUT2D eigenvalue weighted by molar-refractivity contribution is 5.94. The molecule has 2 rings (SSSR count). The highest BCUT2D eigenvalue weighted by atomic mass is 16.5. The lowest BCUT2D eigenvalue weighted by molar-refractivity contribution is 0.0714. The average Bonchev–Trinajstić information content (AvgIpc) is 2.39. The fraction of sp³-hybridized carbons (Fsp3) is 0.500. The molecule has 1 aliphatic rings. The second kappa shape index (κ2) is 5.14. The van der Waals surface area contributed by atoms with Crippen molar-refractivity contribution in [3.63, 3.8) is 0 Å². The molecule has 2 N–H and O–H groups in total. The number of rotatable bonds is 2. The minimum absolute atomic E-state index is 0.0204. The maximum Gasteiger partial charge on any atom is 0.255 e. The van der Waals surface area contributed by atoms with Crippen LogP contribution in [-0.2, 0) is 0 Å². The molecule has 0 spiro atoms. The molecule has 5 heteroatoms. The van der Waals surface area contributed by atoms with E-state index in [2.05, 4.69) is 4.98 Å². The smallest absolute Gasteiger partial charge is 0.255 e. The Morgan fingerprint density at radius 2 is 2.18 bits per heavy atom. The number of hydrogen-bond donors (Lipinski definition) is 1. The van der Waals surface area contributed by atoms with Gasteiger partial charge in [-0.15, -0.1) is 0 Å². The largest absolute Gasteiger partial charge is 0.481 e. The summed E-state index contributed by atoms with van der Waals surface area (Å²) in [5.74, 6) is 0.536. The Hall–Kier alpha value is -1.62. The lowest BCUT2D eigenvalue weighted by Crippen LogP contribution is -2.42. The van der Waals surface area contributed by atoms with Gasteiger partial charge in [0.2, 0.25) is 5.88 Å². The molecule has 5 nitrogen and oxygen atoms in total. The van der Waals surface area contributed by atoms with Crippen molar-refractivity contribution in [2.45, 2.75) is 18.9 Å². The fourth-order valence-electron chi connectivity index (χ4n) is 1.91. The molecule has 1 aromatic rings. The van der Waals surface area contributed by atoms with Crippen molar-refractivity contribution in [1.82, 2.24) is 9.88 Å². The van der Waals surface area contributed by atoms with Crippen molar-refractivity contribution in [2.75, 3.05) is 20.2 Å². The molecule has 0 unspecified atom stereocenters. The van der Waals surface area contributed by atoms with Crippen LogP contribution in [0.1, 0.15) is 23.2 Å². The van der Waals surface area contributed by atoms with Gasteiger partial charge in [0.25, 0.3) is 5.91 Å². The van der Waals surface area contributed by atoms with Gasteiger partial charge in [-0.3, -0.25) is 4.79 Å². The molecule has 0 radical (unpaired) electrons. The second-order valence-corrected chi connectivity index (χ2v) is 4.22. The van der Waals surface area contributed by atoms with E-state index in [1.807, 2.05) is 4.90 Å². The molecule has 1 saturated heterocycles. The maximum atomic E-state index is 12.1. The Kier molecular flexibility index (Phi) is 3.58. The molecule has 0 aliphatic carbocycles. The third kappa shape index (κ3) is 2.74. The summed E-state index contributed by atoms with van der Waals surface area (Å²) in [6.45, 7) is 1.46. The van der Waals surface area contributed by atoms with Gasteiger partial charge in [0.1, 0.15) is 0 Å². The molecule has 17 heavy (non-hydrogen) atoms. The van der Waals surface area contributed by atoms with E-state index >= 15 is 0 Å². The minimum atomic E-state index is 0.0204. The number of hydrogen-bond acceptors (Lipinski definition) is 4. The summed E-state index contributed by atoms with van der Waals surface area (Å²) in [7, 11) is 1.55. The molecule has 1 aromatic heterocycles. The van der Waals surface area contributed by atoms with E-state index in [0.717, 1.165) is 25.9 Å². The van der Waals surface area contributed by atoms with Crippen LogP contribution in [0, 0.1) is 0 Å². The Morgan fingerprint density at radius 1 is 1.47 bits per heavy atom. The molecule has 0 atom stereocenters. The van der Waals surface area contributed by atoms with Gasteiger partial charge in [0, 0.05) is 31.4 Å². The predicted octanol–water partition coefficient (Wildman–Crippen LogP) is 0.653. The second-order valence-electron chi connectivity index (χ2n) is 4.22. The quantitative estimate of drug-likeness (QED) is 0.817. The molecule has 1 amide bonds. The number of methoxy groups -OCH3 is 1. The van der Waals surface area contributed by atoms with E-state index in [4.69, 9.17) is 10.5 Å². The Morgan fingerprint density at radius 3 is 2.71 bits per heavy atom. The summed E-state index contributed by atoms with van der Waals surface area (Å²) in [4.78, 5) is 18.0. The van der Waals surface area contributed by atoms with Crippen molar-refractivity contribution in [1.29, 1.82) is 0 Å². The van der Waals surface area contributed by atoms with Gasteiger partial charge in [0.05, 0.1) is 12.7 Å². The first kappa shape index (κ1) is 11.9. The Bertz CT molecular complexity index is 383. The number of carbonyl (C=O) groups is 1. The third-order valence-corrected chi connectivity index (χ3v) is 3.02. The number of carbonyl (C=O) groups excluding carboxylic acids is 1. The van der Waals surface area contributed by atoms with Gasteiger partial charge < -0.3 is 15.4 Å². The zero-order valence-corrected chi connectivity index (χ0v) is 9.93. The molecule has 92 valence electrons. The van der Waals surface area contributed by atoms with E-state index in [1.165, 1.54) is 0 Å². The Labute approximate surface area is 101 Å². The highest BCUT2D eigenvalue weighted by Crippen LogP contribution is 2.13. The number of nitrogens with two attached hydrogens (primary N) is 1. The number of amides is 1. The van der Waals surface area contributed by atoms with Crippen molar-refractivity contribution in [2.24, 2.45) is 5.73 Å². The molecule has 2 heterocycles. The van der Waals surface area contributed by atoms with E-state index in [1.54, 1.807) is 25.4 Å². The Balaban J connectivity index is 2.03. The van der Waals surface area contributed by atoms with Gasteiger partial charge in [-0.25, -0.2) is 4.98 Å². The van der Waals surface area contributed by atoms with Crippen LogP contribution in [0.25, 0.3) is 0 Å². The van der Waals surface area contributed by atoms with Crippen LogP contribution in [-0.4, -0.2) is 42.0 Å². The lowest BCUT2D eigenvalue weighted by Gasteiger charge is -2.30. The topological polar surface area (TPSA) is 68.5 Å². The molecule has 0 aromatic carbocycles. The third-order valence-electron chi connectivity index (χ3n) is 3.02. The van der Waals surface area contributed by atoms with Gasteiger partial charge in [0.15, 0.2) is 0 Å². The predicted molar refractivity (Wildman–Crippen MR) is 63.9 cm³/mol. The average molecular weight is 235 g/mol. The van der Waals surface area contributed by atoms with Crippen molar-refractivity contribution >= 4 is 5.91 Å². The molecular formula is C12H17N3O2. The zero-order valence-electron chi connectivity index (χ0n) is 9.93. The van der Waals surface area contributed by atoms with Crippen molar-refractivity contribution in [3.05, 3.63) is 23.9 Å². The normalized spacial score (nSPS) is 16.9. The first-order chi connectivity index (χ1) is 8.20. The van der Waals surface area contributed by atoms with E-state index in [9.17, 15) is 4.79 Å². The fourth-order valence-corrected chi connectivity index (χ4v) is 1.91. The maximum absolute atomic E-state index is 12.1. The molecule has 1 fully saturated rings. The van der Waals surface area contributed by atoms with Crippen LogP contribution in [0.5, 0.6) is 5.88 Å².